The topological polar surface area (TPSA) is 56.7 Å². The normalized spacial score (nSPS) is 27.4. The Bertz CT molecular complexity index is 629. The zero-order valence-electron chi connectivity index (χ0n) is 14.1. The van der Waals surface area contributed by atoms with E-state index in [4.69, 9.17) is 11.6 Å². The van der Waals surface area contributed by atoms with Crippen LogP contribution < -0.4 is 4.90 Å². The third kappa shape index (κ3) is 2.87. The van der Waals surface area contributed by atoms with Crippen LogP contribution in [0.3, 0.4) is 0 Å². The van der Waals surface area contributed by atoms with Gasteiger partial charge in [0, 0.05) is 25.0 Å². The maximum Gasteiger partial charge on any atom is 0.407 e. The lowest BCUT2D eigenvalue weighted by molar-refractivity contribution is 0.0889. The van der Waals surface area contributed by atoms with E-state index in [-0.39, 0.29) is 17.5 Å². The number of rotatable bonds is 1. The van der Waals surface area contributed by atoms with Crippen LogP contribution in [-0.2, 0) is 0 Å². The number of aromatic nitrogens is 1. The van der Waals surface area contributed by atoms with E-state index in [2.05, 4.69) is 30.7 Å². The summed E-state index contributed by atoms with van der Waals surface area (Å²) in [6.45, 7) is 9.92. The van der Waals surface area contributed by atoms with Crippen LogP contribution in [0.2, 0.25) is 5.15 Å². The highest BCUT2D eigenvalue weighted by Gasteiger charge is 2.51. The van der Waals surface area contributed by atoms with Crippen LogP contribution in [0.5, 0.6) is 0 Å². The molecule has 2 saturated heterocycles. The van der Waals surface area contributed by atoms with Gasteiger partial charge in [-0.2, -0.15) is 0 Å². The molecule has 3 heterocycles. The molecule has 0 saturated carbocycles. The van der Waals surface area contributed by atoms with Crippen molar-refractivity contribution < 1.29 is 9.90 Å². The van der Waals surface area contributed by atoms with Crippen molar-refractivity contribution in [3.8, 4) is 0 Å². The van der Waals surface area contributed by atoms with E-state index < -0.39 is 6.09 Å². The minimum Gasteiger partial charge on any atom is -0.465 e. The SMILES string of the molecule is Cc1cc(N2C[C@@H]3CC(C(C)(C)C)N(C(=O)O)[C@@H]3C2)cnc1Cl. The number of hydrogen-bond acceptors (Lipinski definition) is 3. The number of aryl methyl sites for hydroxylation is 1. The van der Waals surface area contributed by atoms with Crippen molar-refractivity contribution in [2.45, 2.75) is 46.2 Å². The molecule has 2 aliphatic rings. The molecule has 1 amide bonds. The monoisotopic (exact) mass is 337 g/mol. The van der Waals surface area contributed by atoms with Gasteiger partial charge >= 0.3 is 6.09 Å². The molecule has 2 fully saturated rings. The molecule has 0 aromatic carbocycles. The smallest absolute Gasteiger partial charge is 0.407 e. The number of fused-ring (bicyclic) bond motifs is 1. The number of carbonyl (C=O) groups is 1. The third-order valence-corrected chi connectivity index (χ3v) is 5.61. The Hall–Kier alpha value is -1.49. The molecule has 0 radical (unpaired) electrons. The first kappa shape index (κ1) is 16.4. The summed E-state index contributed by atoms with van der Waals surface area (Å²) >= 11 is 6.00. The Morgan fingerprint density at radius 1 is 1.39 bits per heavy atom. The summed E-state index contributed by atoms with van der Waals surface area (Å²) in [7, 11) is 0. The molecule has 0 bridgehead atoms. The summed E-state index contributed by atoms with van der Waals surface area (Å²) in [6.07, 6.45) is 1.91. The van der Waals surface area contributed by atoms with E-state index in [0.29, 0.717) is 11.1 Å². The van der Waals surface area contributed by atoms with Gasteiger partial charge < -0.3 is 10.0 Å². The highest BCUT2D eigenvalue weighted by molar-refractivity contribution is 6.30. The second-order valence-electron chi connectivity index (χ2n) is 7.84. The van der Waals surface area contributed by atoms with Crippen molar-refractivity contribution >= 4 is 23.4 Å². The molecule has 0 spiro atoms. The number of nitrogens with zero attached hydrogens (tertiary/aromatic N) is 3. The summed E-state index contributed by atoms with van der Waals surface area (Å²) in [6, 6.07) is 2.18. The highest BCUT2D eigenvalue weighted by Crippen LogP contribution is 2.43. The fraction of sp³-hybridized carbons (Fsp3) is 0.647. The van der Waals surface area contributed by atoms with E-state index in [1.54, 1.807) is 11.1 Å². The minimum absolute atomic E-state index is 0.0357. The molecular formula is C17H24ClN3O2. The average molecular weight is 338 g/mol. The molecule has 0 aliphatic carbocycles. The van der Waals surface area contributed by atoms with E-state index >= 15 is 0 Å². The summed E-state index contributed by atoms with van der Waals surface area (Å²) in [4.78, 5) is 20.0. The summed E-state index contributed by atoms with van der Waals surface area (Å²) < 4.78 is 0. The molecule has 2 aliphatic heterocycles. The van der Waals surface area contributed by atoms with Crippen molar-refractivity contribution in [1.82, 2.24) is 9.88 Å². The quantitative estimate of drug-likeness (QED) is 0.795. The van der Waals surface area contributed by atoms with Gasteiger partial charge in [-0.05, 0) is 30.4 Å². The Balaban J connectivity index is 1.82. The third-order valence-electron chi connectivity index (χ3n) is 5.21. The van der Waals surface area contributed by atoms with Gasteiger partial charge in [-0.25, -0.2) is 9.78 Å². The number of likely N-dealkylation sites (tertiary alicyclic amines) is 1. The Kier molecular flexibility index (Phi) is 3.95. The van der Waals surface area contributed by atoms with Crippen LogP contribution in [0, 0.1) is 18.3 Å². The Labute approximate surface area is 142 Å². The first-order valence-corrected chi connectivity index (χ1v) is 8.44. The lowest BCUT2D eigenvalue weighted by Gasteiger charge is -2.36. The molecule has 5 nitrogen and oxygen atoms in total. The number of hydrogen-bond donors (Lipinski definition) is 1. The molecule has 1 aromatic heterocycles. The van der Waals surface area contributed by atoms with Crippen LogP contribution in [0.1, 0.15) is 32.8 Å². The van der Waals surface area contributed by atoms with Crippen molar-refractivity contribution in [3.05, 3.63) is 23.0 Å². The molecule has 23 heavy (non-hydrogen) atoms. The number of anilines is 1. The van der Waals surface area contributed by atoms with E-state index in [1.807, 2.05) is 13.0 Å². The molecular weight excluding hydrogens is 314 g/mol. The zero-order chi connectivity index (χ0) is 16.9. The predicted octanol–water partition coefficient (Wildman–Crippen LogP) is 3.65. The van der Waals surface area contributed by atoms with E-state index in [1.165, 1.54) is 0 Å². The van der Waals surface area contributed by atoms with Gasteiger partial charge in [-0.1, -0.05) is 32.4 Å². The number of amides is 1. The van der Waals surface area contributed by atoms with Gasteiger partial charge in [0.2, 0.25) is 0 Å². The van der Waals surface area contributed by atoms with Gasteiger partial charge in [-0.3, -0.25) is 4.90 Å². The Morgan fingerprint density at radius 2 is 2.09 bits per heavy atom. The first-order valence-electron chi connectivity index (χ1n) is 8.07. The summed E-state index contributed by atoms with van der Waals surface area (Å²) in [5.41, 5.74) is 1.94. The lowest BCUT2D eigenvalue weighted by atomic mass is 9.84. The van der Waals surface area contributed by atoms with E-state index in [0.717, 1.165) is 30.8 Å². The van der Waals surface area contributed by atoms with Gasteiger partial charge in [0.05, 0.1) is 17.9 Å². The maximum atomic E-state index is 11.8. The van der Waals surface area contributed by atoms with Crippen LogP contribution in [0.25, 0.3) is 0 Å². The zero-order valence-corrected chi connectivity index (χ0v) is 14.8. The van der Waals surface area contributed by atoms with Crippen molar-refractivity contribution in [2.75, 3.05) is 18.0 Å². The standard InChI is InChI=1S/C17H24ClN3O2/c1-10-5-12(7-19-15(10)18)20-8-11-6-14(17(2,3)4)21(16(22)23)13(11)9-20/h5,7,11,13-14H,6,8-9H2,1-4H3,(H,22,23)/t11-,13+,14?/m0/s1. The largest absolute Gasteiger partial charge is 0.465 e. The molecule has 6 heteroatoms. The van der Waals surface area contributed by atoms with E-state index in [9.17, 15) is 9.90 Å². The molecule has 1 N–H and O–H groups in total. The first-order chi connectivity index (χ1) is 10.7. The average Bonchev–Trinajstić information content (AvgIpc) is 2.97. The molecule has 1 aromatic rings. The van der Waals surface area contributed by atoms with Crippen LogP contribution in [0.15, 0.2) is 12.3 Å². The van der Waals surface area contributed by atoms with Gasteiger partial charge in [-0.15, -0.1) is 0 Å². The van der Waals surface area contributed by atoms with Gasteiger partial charge in [0.25, 0.3) is 0 Å². The highest BCUT2D eigenvalue weighted by atomic mass is 35.5. The summed E-state index contributed by atoms with van der Waals surface area (Å²) in [5, 5.41) is 10.2. The van der Waals surface area contributed by atoms with Crippen LogP contribution in [0.4, 0.5) is 10.5 Å². The fourth-order valence-corrected chi connectivity index (χ4v) is 4.11. The van der Waals surface area contributed by atoms with Crippen LogP contribution in [-0.4, -0.2) is 46.3 Å². The second kappa shape index (κ2) is 5.55. The minimum atomic E-state index is -0.801. The molecule has 3 rings (SSSR count). The van der Waals surface area contributed by atoms with Gasteiger partial charge in [0.15, 0.2) is 0 Å². The van der Waals surface area contributed by atoms with Crippen molar-refractivity contribution in [3.63, 3.8) is 0 Å². The van der Waals surface area contributed by atoms with Crippen LogP contribution >= 0.6 is 11.6 Å². The maximum absolute atomic E-state index is 11.8. The molecule has 126 valence electrons. The molecule has 3 atom stereocenters. The number of halogens is 1. The van der Waals surface area contributed by atoms with Gasteiger partial charge in [0.1, 0.15) is 5.15 Å². The number of carboxylic acid groups (broad SMARTS) is 1. The fourth-order valence-electron chi connectivity index (χ4n) is 4.01. The van der Waals surface area contributed by atoms with Crippen molar-refractivity contribution in [1.29, 1.82) is 0 Å². The summed E-state index contributed by atoms with van der Waals surface area (Å²) in [5.74, 6) is 0.381. The number of pyridine rings is 1. The Morgan fingerprint density at radius 3 is 2.65 bits per heavy atom. The lowest BCUT2D eigenvalue weighted by Crippen LogP contribution is -2.48. The molecule has 1 unspecified atom stereocenters. The second-order valence-corrected chi connectivity index (χ2v) is 8.20. The van der Waals surface area contributed by atoms with Crippen molar-refractivity contribution in [2.24, 2.45) is 11.3 Å². The predicted molar refractivity (Wildman–Crippen MR) is 91.2 cm³/mol.